The van der Waals surface area contributed by atoms with Gasteiger partial charge in [-0.1, -0.05) is 12.1 Å². The zero-order chi connectivity index (χ0) is 15.1. The Morgan fingerprint density at radius 1 is 1.18 bits per heavy atom. The first-order chi connectivity index (χ1) is 10.7. The van der Waals surface area contributed by atoms with Gasteiger partial charge in [-0.3, -0.25) is 9.48 Å². The number of aromatic nitrogens is 3. The first-order valence-corrected chi connectivity index (χ1v) is 7.99. The van der Waals surface area contributed by atoms with Crippen molar-refractivity contribution in [1.82, 2.24) is 19.7 Å². The van der Waals surface area contributed by atoms with Gasteiger partial charge in [0.05, 0.1) is 0 Å². The van der Waals surface area contributed by atoms with Gasteiger partial charge in [0.15, 0.2) is 5.82 Å². The average molecular weight is 296 g/mol. The van der Waals surface area contributed by atoms with Crippen molar-refractivity contribution < 1.29 is 4.79 Å². The molecule has 1 aliphatic carbocycles. The molecule has 114 valence electrons. The normalized spacial score (nSPS) is 21.3. The van der Waals surface area contributed by atoms with Crippen LogP contribution in [0.4, 0.5) is 0 Å². The molecule has 1 atom stereocenters. The molecule has 4 rings (SSSR count). The highest BCUT2D eigenvalue weighted by Gasteiger charge is 2.40. The van der Waals surface area contributed by atoms with Crippen molar-refractivity contribution in [1.29, 1.82) is 0 Å². The molecule has 1 aliphatic heterocycles. The summed E-state index contributed by atoms with van der Waals surface area (Å²) < 4.78 is 1.68. The van der Waals surface area contributed by atoms with Crippen molar-refractivity contribution in [2.24, 2.45) is 13.0 Å². The third-order valence-corrected chi connectivity index (χ3v) is 4.72. The standard InChI is InChI=1S/C17H20N4O/c1-20-11-18-16(19-20)13-6-8-14(9-7-13)17(22)21-10-2-3-15(21)12-4-5-12/h6-9,11-12,15H,2-5,10H2,1H3. The van der Waals surface area contributed by atoms with Crippen molar-refractivity contribution in [3.8, 4) is 11.4 Å². The quantitative estimate of drug-likeness (QED) is 0.874. The fourth-order valence-corrected chi connectivity index (χ4v) is 3.42. The maximum atomic E-state index is 12.7. The minimum Gasteiger partial charge on any atom is -0.335 e. The Morgan fingerprint density at radius 2 is 1.95 bits per heavy atom. The third kappa shape index (κ3) is 2.40. The van der Waals surface area contributed by atoms with Crippen LogP contribution in [-0.2, 0) is 7.05 Å². The molecule has 2 aliphatic rings. The summed E-state index contributed by atoms with van der Waals surface area (Å²) in [5, 5.41) is 4.29. The molecule has 0 spiro atoms. The van der Waals surface area contributed by atoms with Gasteiger partial charge in [0.1, 0.15) is 6.33 Å². The molecule has 0 N–H and O–H groups in total. The van der Waals surface area contributed by atoms with E-state index in [4.69, 9.17) is 0 Å². The average Bonchev–Trinajstić information content (AvgIpc) is 3.10. The number of benzene rings is 1. The second kappa shape index (κ2) is 5.23. The van der Waals surface area contributed by atoms with E-state index in [1.54, 1.807) is 11.0 Å². The van der Waals surface area contributed by atoms with Gasteiger partial charge < -0.3 is 4.90 Å². The minimum atomic E-state index is 0.176. The highest BCUT2D eigenvalue weighted by Crippen LogP contribution is 2.40. The van der Waals surface area contributed by atoms with Crippen LogP contribution in [0, 0.1) is 5.92 Å². The summed E-state index contributed by atoms with van der Waals surface area (Å²) in [6.45, 7) is 0.906. The second-order valence-electron chi connectivity index (χ2n) is 6.36. The van der Waals surface area contributed by atoms with Crippen LogP contribution in [0.1, 0.15) is 36.0 Å². The highest BCUT2D eigenvalue weighted by atomic mass is 16.2. The van der Waals surface area contributed by atoms with E-state index >= 15 is 0 Å². The zero-order valence-corrected chi connectivity index (χ0v) is 12.8. The molecule has 2 heterocycles. The van der Waals surface area contributed by atoms with E-state index in [9.17, 15) is 4.79 Å². The molecule has 0 radical (unpaired) electrons. The Kier molecular flexibility index (Phi) is 3.21. The lowest BCUT2D eigenvalue weighted by Gasteiger charge is -2.24. The lowest BCUT2D eigenvalue weighted by molar-refractivity contribution is 0.0721. The summed E-state index contributed by atoms with van der Waals surface area (Å²) in [5.74, 6) is 1.62. The smallest absolute Gasteiger partial charge is 0.254 e. The lowest BCUT2D eigenvalue weighted by Crippen LogP contribution is -2.36. The van der Waals surface area contributed by atoms with E-state index in [0.717, 1.165) is 30.0 Å². The molecule has 22 heavy (non-hydrogen) atoms. The topological polar surface area (TPSA) is 51.0 Å². The maximum absolute atomic E-state index is 12.7. The van der Waals surface area contributed by atoms with Crippen LogP contribution in [-0.4, -0.2) is 38.2 Å². The Morgan fingerprint density at radius 3 is 2.59 bits per heavy atom. The first-order valence-electron chi connectivity index (χ1n) is 7.99. The van der Waals surface area contributed by atoms with Crippen LogP contribution in [0.3, 0.4) is 0 Å². The predicted molar refractivity (Wildman–Crippen MR) is 83.2 cm³/mol. The van der Waals surface area contributed by atoms with Crippen LogP contribution in [0.25, 0.3) is 11.4 Å². The molecule has 2 aromatic rings. The number of rotatable bonds is 3. The van der Waals surface area contributed by atoms with Crippen LogP contribution in [0.15, 0.2) is 30.6 Å². The predicted octanol–water partition coefficient (Wildman–Crippen LogP) is 2.50. The number of likely N-dealkylation sites (tertiary alicyclic amines) is 1. The van der Waals surface area contributed by atoms with E-state index in [-0.39, 0.29) is 5.91 Å². The van der Waals surface area contributed by atoms with Gasteiger partial charge in [-0.25, -0.2) is 4.98 Å². The zero-order valence-electron chi connectivity index (χ0n) is 12.8. The molecule has 1 aromatic carbocycles. The van der Waals surface area contributed by atoms with Crippen molar-refractivity contribution in [3.05, 3.63) is 36.2 Å². The van der Waals surface area contributed by atoms with Gasteiger partial charge in [0.2, 0.25) is 0 Å². The van der Waals surface area contributed by atoms with E-state index < -0.39 is 0 Å². The van der Waals surface area contributed by atoms with E-state index in [1.807, 2.05) is 31.3 Å². The number of carbonyl (C=O) groups is 1. The molecule has 1 amide bonds. The Labute approximate surface area is 130 Å². The van der Waals surface area contributed by atoms with Crippen LogP contribution in [0.2, 0.25) is 0 Å². The summed E-state index contributed by atoms with van der Waals surface area (Å²) in [6, 6.07) is 8.15. The summed E-state index contributed by atoms with van der Waals surface area (Å²) >= 11 is 0. The fraction of sp³-hybridized carbons (Fsp3) is 0.471. The Hall–Kier alpha value is -2.17. The summed E-state index contributed by atoms with van der Waals surface area (Å²) in [7, 11) is 1.85. The fourth-order valence-electron chi connectivity index (χ4n) is 3.42. The SMILES string of the molecule is Cn1cnc(-c2ccc(C(=O)N3CCCC3C3CC3)cc2)n1. The molecule has 0 bridgehead atoms. The van der Waals surface area contributed by atoms with Crippen molar-refractivity contribution in [3.63, 3.8) is 0 Å². The number of carbonyl (C=O) groups excluding carboxylic acids is 1. The highest BCUT2D eigenvalue weighted by molar-refractivity contribution is 5.95. The summed E-state index contributed by atoms with van der Waals surface area (Å²) in [5.41, 5.74) is 1.71. The summed E-state index contributed by atoms with van der Waals surface area (Å²) in [4.78, 5) is 19.1. The van der Waals surface area contributed by atoms with Crippen molar-refractivity contribution in [2.45, 2.75) is 31.7 Å². The van der Waals surface area contributed by atoms with Gasteiger partial charge in [0.25, 0.3) is 5.91 Å². The molecule has 1 unspecified atom stereocenters. The largest absolute Gasteiger partial charge is 0.335 e. The first kappa shape index (κ1) is 13.5. The number of aryl methyl sites for hydroxylation is 1. The van der Waals surface area contributed by atoms with Crippen LogP contribution in [0.5, 0.6) is 0 Å². The van der Waals surface area contributed by atoms with E-state index in [2.05, 4.69) is 15.0 Å². The Balaban J connectivity index is 1.53. The molecule has 1 saturated carbocycles. The number of nitrogens with zero attached hydrogens (tertiary/aromatic N) is 4. The molecule has 5 nitrogen and oxygen atoms in total. The number of hydrogen-bond donors (Lipinski definition) is 0. The molecule has 1 aromatic heterocycles. The van der Waals surface area contributed by atoms with E-state index in [1.165, 1.54) is 19.3 Å². The molecule has 1 saturated heterocycles. The van der Waals surface area contributed by atoms with Crippen molar-refractivity contribution in [2.75, 3.05) is 6.54 Å². The minimum absolute atomic E-state index is 0.176. The second-order valence-corrected chi connectivity index (χ2v) is 6.36. The molecule has 5 heteroatoms. The lowest BCUT2D eigenvalue weighted by atomic mass is 10.1. The molecule has 2 fully saturated rings. The van der Waals surface area contributed by atoms with Gasteiger partial charge in [-0.2, -0.15) is 5.10 Å². The van der Waals surface area contributed by atoms with Crippen molar-refractivity contribution >= 4 is 5.91 Å². The monoisotopic (exact) mass is 296 g/mol. The van der Waals surface area contributed by atoms with Gasteiger partial charge in [0, 0.05) is 30.8 Å². The number of amides is 1. The third-order valence-electron chi connectivity index (χ3n) is 4.72. The number of hydrogen-bond acceptors (Lipinski definition) is 3. The van der Waals surface area contributed by atoms with Gasteiger partial charge in [-0.05, 0) is 43.7 Å². The Bertz CT molecular complexity index is 687. The van der Waals surface area contributed by atoms with Gasteiger partial charge >= 0.3 is 0 Å². The van der Waals surface area contributed by atoms with E-state index in [0.29, 0.717) is 11.9 Å². The molecular weight excluding hydrogens is 276 g/mol. The summed E-state index contributed by atoms with van der Waals surface area (Å²) in [6.07, 6.45) is 6.57. The van der Waals surface area contributed by atoms with Crippen LogP contribution >= 0.6 is 0 Å². The van der Waals surface area contributed by atoms with Gasteiger partial charge in [-0.15, -0.1) is 0 Å². The maximum Gasteiger partial charge on any atom is 0.254 e. The van der Waals surface area contributed by atoms with Crippen LogP contribution < -0.4 is 0 Å². The molecular formula is C17H20N4O.